The fourth-order valence-electron chi connectivity index (χ4n) is 3.40. The predicted octanol–water partition coefficient (Wildman–Crippen LogP) is 2.17. The molecular formula is C22H25N3O5. The average Bonchev–Trinajstić information content (AvgIpc) is 2.98. The summed E-state index contributed by atoms with van der Waals surface area (Å²) < 4.78 is 5.47. The molecule has 1 unspecified atom stereocenters. The van der Waals surface area contributed by atoms with Gasteiger partial charge in [0.05, 0.1) is 18.2 Å². The van der Waals surface area contributed by atoms with E-state index in [-0.39, 0.29) is 22.8 Å². The second-order valence-corrected chi connectivity index (χ2v) is 7.19. The van der Waals surface area contributed by atoms with Crippen molar-refractivity contribution in [1.29, 1.82) is 0 Å². The molecule has 2 heterocycles. The zero-order valence-corrected chi connectivity index (χ0v) is 17.2. The Kier molecular flexibility index (Phi) is 6.37. The minimum atomic E-state index is -0.807. The van der Waals surface area contributed by atoms with Crippen LogP contribution in [0.4, 0.5) is 0 Å². The summed E-state index contributed by atoms with van der Waals surface area (Å²) in [5.74, 6) is -1.49. The molecule has 30 heavy (non-hydrogen) atoms. The third-order valence-electron chi connectivity index (χ3n) is 4.88. The van der Waals surface area contributed by atoms with Crippen LogP contribution in [0.1, 0.15) is 24.1 Å². The maximum absolute atomic E-state index is 12.9. The molecule has 1 aliphatic heterocycles. The largest absolute Gasteiger partial charge is 0.507 e. The molecule has 1 atom stereocenters. The fraction of sp³-hybridized carbons (Fsp3) is 0.318. The number of pyridine rings is 1. The third kappa shape index (κ3) is 4.13. The lowest BCUT2D eigenvalue weighted by atomic mass is 9.95. The number of carbonyl (C=O) groups is 2. The van der Waals surface area contributed by atoms with Crippen molar-refractivity contribution in [3.8, 4) is 11.5 Å². The van der Waals surface area contributed by atoms with E-state index in [0.717, 1.165) is 0 Å². The number of ether oxygens (including phenoxy) is 1. The number of nitrogens with zero attached hydrogens (tertiary/aromatic N) is 3. The van der Waals surface area contributed by atoms with Gasteiger partial charge in [-0.25, -0.2) is 0 Å². The van der Waals surface area contributed by atoms with Gasteiger partial charge in [-0.2, -0.15) is 0 Å². The van der Waals surface area contributed by atoms with Crippen LogP contribution in [0.25, 0.3) is 5.76 Å². The van der Waals surface area contributed by atoms with Gasteiger partial charge in [0, 0.05) is 31.0 Å². The Morgan fingerprint density at radius 1 is 1.20 bits per heavy atom. The Morgan fingerprint density at radius 3 is 2.53 bits per heavy atom. The smallest absolute Gasteiger partial charge is 0.295 e. The summed E-state index contributed by atoms with van der Waals surface area (Å²) in [6.07, 6.45) is 3.00. The van der Waals surface area contributed by atoms with Crippen LogP contribution in [0.5, 0.6) is 11.5 Å². The topological polar surface area (TPSA) is 103 Å². The van der Waals surface area contributed by atoms with Crippen LogP contribution in [-0.4, -0.2) is 70.5 Å². The van der Waals surface area contributed by atoms with Crippen molar-refractivity contribution < 1.29 is 24.5 Å². The molecule has 1 fully saturated rings. The molecule has 8 heteroatoms. The number of benzene rings is 1. The molecule has 1 saturated heterocycles. The lowest BCUT2D eigenvalue weighted by Gasteiger charge is -2.27. The standard InChI is InChI=1S/C22H25N3O5/c1-4-30-17-13-15(5-6-16(17)26)19-18(20(27)14-7-9-23-10-8-14)21(28)22(29)25(19)12-11-24(2)3/h5-10,13,19,26-27H,4,11-12H2,1-3H3/b20-18-. The number of hydrogen-bond acceptors (Lipinski definition) is 7. The van der Waals surface area contributed by atoms with Crippen LogP contribution >= 0.6 is 0 Å². The van der Waals surface area contributed by atoms with Crippen molar-refractivity contribution in [1.82, 2.24) is 14.8 Å². The molecule has 2 N–H and O–H groups in total. The first-order chi connectivity index (χ1) is 14.3. The van der Waals surface area contributed by atoms with Crippen LogP contribution in [0.2, 0.25) is 0 Å². The number of phenols is 1. The molecule has 2 aromatic rings. The summed E-state index contributed by atoms with van der Waals surface area (Å²) in [5.41, 5.74) is 0.951. The Morgan fingerprint density at radius 2 is 1.90 bits per heavy atom. The quantitative estimate of drug-likeness (QED) is 0.409. The zero-order chi connectivity index (χ0) is 21.8. The van der Waals surface area contributed by atoms with Gasteiger partial charge in [-0.1, -0.05) is 6.07 Å². The first-order valence-corrected chi connectivity index (χ1v) is 9.64. The van der Waals surface area contributed by atoms with Crippen LogP contribution in [0, 0.1) is 0 Å². The van der Waals surface area contributed by atoms with Crippen molar-refractivity contribution in [3.63, 3.8) is 0 Å². The number of phenolic OH excluding ortho intramolecular Hbond substituents is 1. The number of aromatic nitrogens is 1. The lowest BCUT2D eigenvalue weighted by Crippen LogP contribution is -2.35. The molecule has 0 radical (unpaired) electrons. The maximum atomic E-state index is 12.9. The highest BCUT2D eigenvalue weighted by molar-refractivity contribution is 6.46. The predicted molar refractivity (Wildman–Crippen MR) is 111 cm³/mol. The summed E-state index contributed by atoms with van der Waals surface area (Å²) in [4.78, 5) is 33.0. The van der Waals surface area contributed by atoms with E-state index in [2.05, 4.69) is 4.98 Å². The Hall–Kier alpha value is -3.39. The number of ketones is 1. The van der Waals surface area contributed by atoms with Crippen LogP contribution in [0.15, 0.2) is 48.3 Å². The number of aliphatic hydroxyl groups excluding tert-OH is 1. The minimum Gasteiger partial charge on any atom is -0.507 e. The molecule has 0 bridgehead atoms. The molecular weight excluding hydrogens is 386 g/mol. The van der Waals surface area contributed by atoms with Crippen molar-refractivity contribution in [2.75, 3.05) is 33.8 Å². The second-order valence-electron chi connectivity index (χ2n) is 7.19. The van der Waals surface area contributed by atoms with E-state index in [1.165, 1.54) is 23.4 Å². The van der Waals surface area contributed by atoms with Gasteiger partial charge in [0.25, 0.3) is 11.7 Å². The molecule has 0 saturated carbocycles. The number of rotatable bonds is 7. The van der Waals surface area contributed by atoms with Gasteiger partial charge in [-0.3, -0.25) is 14.6 Å². The zero-order valence-electron chi connectivity index (χ0n) is 17.2. The third-order valence-corrected chi connectivity index (χ3v) is 4.88. The maximum Gasteiger partial charge on any atom is 0.295 e. The Bertz CT molecular complexity index is 972. The van der Waals surface area contributed by atoms with Gasteiger partial charge in [0.1, 0.15) is 5.76 Å². The number of likely N-dealkylation sites (tertiary alicyclic amines) is 1. The van der Waals surface area contributed by atoms with Gasteiger partial charge in [0.15, 0.2) is 11.5 Å². The second kappa shape index (κ2) is 8.96. The summed E-state index contributed by atoms with van der Waals surface area (Å²) in [7, 11) is 3.74. The van der Waals surface area contributed by atoms with Crippen LogP contribution in [0.3, 0.4) is 0 Å². The number of carbonyl (C=O) groups excluding carboxylic acids is 2. The molecule has 1 aliphatic rings. The molecule has 8 nitrogen and oxygen atoms in total. The first-order valence-electron chi connectivity index (χ1n) is 9.64. The monoisotopic (exact) mass is 411 g/mol. The van der Waals surface area contributed by atoms with Gasteiger partial charge in [-0.15, -0.1) is 0 Å². The number of aliphatic hydroxyl groups is 1. The average molecular weight is 411 g/mol. The molecule has 1 amide bonds. The van der Waals surface area contributed by atoms with Gasteiger partial charge in [-0.05, 0) is 50.8 Å². The first kappa shape index (κ1) is 21.3. The number of aromatic hydroxyl groups is 1. The van der Waals surface area contributed by atoms with Crippen molar-refractivity contribution >= 4 is 17.4 Å². The number of hydrogen-bond donors (Lipinski definition) is 2. The summed E-state index contributed by atoms with van der Waals surface area (Å²) in [6, 6.07) is 7.01. The molecule has 1 aromatic carbocycles. The Balaban J connectivity index is 2.16. The minimum absolute atomic E-state index is 0.00176. The highest BCUT2D eigenvalue weighted by Crippen LogP contribution is 2.41. The number of Topliss-reactive ketones (excluding diaryl/α,β-unsaturated/α-hetero) is 1. The fourth-order valence-corrected chi connectivity index (χ4v) is 3.40. The van der Waals surface area contributed by atoms with Crippen LogP contribution < -0.4 is 4.74 Å². The van der Waals surface area contributed by atoms with Crippen molar-refractivity contribution in [3.05, 3.63) is 59.4 Å². The molecule has 0 spiro atoms. The van der Waals surface area contributed by atoms with E-state index in [0.29, 0.717) is 30.8 Å². The molecule has 158 valence electrons. The molecule has 1 aromatic heterocycles. The van der Waals surface area contributed by atoms with Gasteiger partial charge in [0.2, 0.25) is 0 Å². The normalized spacial score (nSPS) is 18.3. The van der Waals surface area contributed by atoms with E-state index in [9.17, 15) is 19.8 Å². The van der Waals surface area contributed by atoms with E-state index in [1.807, 2.05) is 19.0 Å². The summed E-state index contributed by atoms with van der Waals surface area (Å²) in [6.45, 7) is 2.96. The Labute approximate surface area is 175 Å². The highest BCUT2D eigenvalue weighted by atomic mass is 16.5. The summed E-state index contributed by atoms with van der Waals surface area (Å²) in [5, 5.41) is 21.0. The van der Waals surface area contributed by atoms with E-state index in [4.69, 9.17) is 4.74 Å². The number of amides is 1. The highest BCUT2D eigenvalue weighted by Gasteiger charge is 2.46. The summed E-state index contributed by atoms with van der Waals surface area (Å²) >= 11 is 0. The lowest BCUT2D eigenvalue weighted by molar-refractivity contribution is -0.140. The number of likely N-dealkylation sites (N-methyl/N-ethyl adjacent to an activating group) is 1. The molecule has 3 rings (SSSR count). The van der Waals surface area contributed by atoms with E-state index in [1.54, 1.807) is 31.2 Å². The van der Waals surface area contributed by atoms with Gasteiger partial charge < -0.3 is 24.7 Å². The molecule has 0 aliphatic carbocycles. The van der Waals surface area contributed by atoms with Crippen molar-refractivity contribution in [2.45, 2.75) is 13.0 Å². The van der Waals surface area contributed by atoms with Crippen molar-refractivity contribution in [2.24, 2.45) is 0 Å². The van der Waals surface area contributed by atoms with E-state index >= 15 is 0 Å². The SMILES string of the molecule is CCOc1cc(C2/C(=C(/O)c3ccncc3)C(=O)C(=O)N2CCN(C)C)ccc1O. The van der Waals surface area contributed by atoms with Crippen LogP contribution in [-0.2, 0) is 9.59 Å². The van der Waals surface area contributed by atoms with E-state index < -0.39 is 17.7 Å². The van der Waals surface area contributed by atoms with Gasteiger partial charge >= 0.3 is 0 Å².